The van der Waals surface area contributed by atoms with Crippen LogP contribution < -0.4 is 0 Å². The molecule has 21 heavy (non-hydrogen) atoms. The molecule has 1 fully saturated rings. The van der Waals surface area contributed by atoms with Crippen molar-refractivity contribution in [3.8, 4) is 0 Å². The Morgan fingerprint density at radius 1 is 1.38 bits per heavy atom. The fourth-order valence-corrected chi connectivity index (χ4v) is 2.51. The molecular weight excluding hydrogens is 268 g/mol. The zero-order valence-electron chi connectivity index (χ0n) is 11.7. The predicted molar refractivity (Wildman–Crippen MR) is 76.5 cm³/mol. The molecule has 6 nitrogen and oxygen atoms in total. The lowest BCUT2D eigenvalue weighted by Gasteiger charge is -2.32. The molecule has 0 aliphatic carbocycles. The predicted octanol–water partition coefficient (Wildman–Crippen LogP) is 1.63. The number of ether oxygens (including phenoxy) is 1. The van der Waals surface area contributed by atoms with Gasteiger partial charge in [0.15, 0.2) is 5.69 Å². The van der Waals surface area contributed by atoms with Gasteiger partial charge in [-0.2, -0.15) is 15.4 Å². The molecule has 110 valence electrons. The van der Waals surface area contributed by atoms with Crippen LogP contribution in [0.1, 0.15) is 28.9 Å². The van der Waals surface area contributed by atoms with E-state index in [0.29, 0.717) is 18.8 Å². The lowest BCUT2D eigenvalue weighted by Crippen LogP contribution is -2.43. The van der Waals surface area contributed by atoms with Crippen molar-refractivity contribution in [1.29, 1.82) is 0 Å². The maximum Gasteiger partial charge on any atom is 0.276 e. The van der Waals surface area contributed by atoms with E-state index in [1.807, 2.05) is 30.3 Å². The van der Waals surface area contributed by atoms with E-state index >= 15 is 0 Å². The Labute approximate surface area is 123 Å². The Hall–Kier alpha value is -2.21. The third kappa shape index (κ3) is 3.46. The van der Waals surface area contributed by atoms with Crippen LogP contribution in [0.4, 0.5) is 0 Å². The van der Waals surface area contributed by atoms with Gasteiger partial charge in [-0.15, -0.1) is 0 Å². The second kappa shape index (κ2) is 6.49. The number of carbonyl (C=O) groups excluding carboxylic acids is 1. The summed E-state index contributed by atoms with van der Waals surface area (Å²) < 4.78 is 5.93. The van der Waals surface area contributed by atoms with Gasteiger partial charge in [-0.1, -0.05) is 30.3 Å². The third-order valence-corrected chi connectivity index (χ3v) is 3.63. The number of aromatic amines is 1. The van der Waals surface area contributed by atoms with Gasteiger partial charge in [-0.05, 0) is 18.4 Å². The number of rotatable bonds is 4. The van der Waals surface area contributed by atoms with Crippen LogP contribution in [0, 0.1) is 0 Å². The topological polar surface area (TPSA) is 71.1 Å². The summed E-state index contributed by atoms with van der Waals surface area (Å²) in [4.78, 5) is 14.0. The first-order chi connectivity index (χ1) is 10.3. The Balaban J connectivity index is 1.55. The molecule has 3 rings (SSSR count). The number of hydrogen-bond acceptors (Lipinski definition) is 4. The number of likely N-dealkylation sites (tertiary alicyclic amines) is 1. The van der Waals surface area contributed by atoms with Crippen LogP contribution >= 0.6 is 0 Å². The van der Waals surface area contributed by atoms with Gasteiger partial charge in [0, 0.05) is 13.1 Å². The van der Waals surface area contributed by atoms with E-state index in [4.69, 9.17) is 4.74 Å². The second-order valence-electron chi connectivity index (χ2n) is 5.17. The van der Waals surface area contributed by atoms with Crippen molar-refractivity contribution in [2.45, 2.75) is 25.6 Å². The molecule has 1 aromatic heterocycles. The van der Waals surface area contributed by atoms with Crippen molar-refractivity contribution in [1.82, 2.24) is 20.3 Å². The molecule has 2 aromatic rings. The summed E-state index contributed by atoms with van der Waals surface area (Å²) in [5.74, 6) is -0.0863. The minimum atomic E-state index is -0.0863. The molecule has 1 aliphatic heterocycles. The van der Waals surface area contributed by atoms with Gasteiger partial charge in [0.25, 0.3) is 5.91 Å². The van der Waals surface area contributed by atoms with E-state index in [2.05, 4.69) is 15.4 Å². The highest BCUT2D eigenvalue weighted by atomic mass is 16.5. The first-order valence-electron chi connectivity index (χ1n) is 7.13. The Morgan fingerprint density at radius 2 is 2.24 bits per heavy atom. The van der Waals surface area contributed by atoms with E-state index in [-0.39, 0.29) is 12.0 Å². The monoisotopic (exact) mass is 286 g/mol. The van der Waals surface area contributed by atoms with Crippen molar-refractivity contribution in [2.75, 3.05) is 13.1 Å². The molecule has 1 unspecified atom stereocenters. The number of carbonyl (C=O) groups is 1. The van der Waals surface area contributed by atoms with E-state index < -0.39 is 0 Å². The third-order valence-electron chi connectivity index (χ3n) is 3.63. The van der Waals surface area contributed by atoms with Crippen molar-refractivity contribution in [3.05, 3.63) is 47.8 Å². The molecule has 1 atom stereocenters. The number of aromatic nitrogens is 3. The van der Waals surface area contributed by atoms with E-state index in [1.165, 1.54) is 6.20 Å². The zero-order chi connectivity index (χ0) is 14.5. The molecule has 1 amide bonds. The van der Waals surface area contributed by atoms with Crippen molar-refractivity contribution in [3.63, 3.8) is 0 Å². The lowest BCUT2D eigenvalue weighted by atomic mass is 10.1. The number of H-pyrrole nitrogens is 1. The van der Waals surface area contributed by atoms with Gasteiger partial charge in [-0.25, -0.2) is 0 Å². The fourth-order valence-electron chi connectivity index (χ4n) is 2.51. The molecule has 0 spiro atoms. The molecule has 2 heterocycles. The Morgan fingerprint density at radius 3 is 3.00 bits per heavy atom. The van der Waals surface area contributed by atoms with E-state index in [9.17, 15) is 4.79 Å². The van der Waals surface area contributed by atoms with E-state index in [0.717, 1.165) is 24.9 Å². The van der Waals surface area contributed by atoms with Crippen molar-refractivity contribution in [2.24, 2.45) is 0 Å². The number of nitrogens with one attached hydrogen (secondary N) is 1. The number of amides is 1. The molecule has 0 radical (unpaired) electrons. The molecule has 1 aromatic carbocycles. The molecule has 0 bridgehead atoms. The van der Waals surface area contributed by atoms with Gasteiger partial charge in [0.2, 0.25) is 0 Å². The number of piperidine rings is 1. The zero-order valence-corrected chi connectivity index (χ0v) is 11.7. The van der Waals surface area contributed by atoms with Crippen LogP contribution in [0.2, 0.25) is 0 Å². The average Bonchev–Trinajstić information content (AvgIpc) is 3.08. The first-order valence-corrected chi connectivity index (χ1v) is 7.13. The highest BCUT2D eigenvalue weighted by Crippen LogP contribution is 2.16. The van der Waals surface area contributed by atoms with Crippen molar-refractivity contribution >= 4 is 5.91 Å². The maximum atomic E-state index is 12.2. The Kier molecular flexibility index (Phi) is 4.25. The summed E-state index contributed by atoms with van der Waals surface area (Å²) >= 11 is 0. The van der Waals surface area contributed by atoms with Gasteiger partial charge in [0.05, 0.1) is 18.9 Å². The molecular formula is C15H18N4O2. The van der Waals surface area contributed by atoms with E-state index in [1.54, 1.807) is 4.90 Å². The first kappa shape index (κ1) is 13.8. The van der Waals surface area contributed by atoms with Crippen LogP contribution in [0.15, 0.2) is 36.5 Å². The SMILES string of the molecule is O=C(c1cn[nH]n1)N1CCCC(OCc2ccccc2)C1. The summed E-state index contributed by atoms with van der Waals surface area (Å²) in [7, 11) is 0. The number of nitrogens with zero attached hydrogens (tertiary/aromatic N) is 3. The molecule has 1 aliphatic rings. The fraction of sp³-hybridized carbons (Fsp3) is 0.400. The van der Waals surface area contributed by atoms with Crippen LogP contribution in [0.3, 0.4) is 0 Å². The number of hydrogen-bond donors (Lipinski definition) is 1. The molecule has 1 saturated heterocycles. The number of benzene rings is 1. The van der Waals surface area contributed by atoms with Gasteiger partial charge in [0.1, 0.15) is 0 Å². The average molecular weight is 286 g/mol. The quantitative estimate of drug-likeness (QED) is 0.927. The van der Waals surface area contributed by atoms with Crippen LogP contribution in [0.25, 0.3) is 0 Å². The molecule has 0 saturated carbocycles. The van der Waals surface area contributed by atoms with Crippen LogP contribution in [0.5, 0.6) is 0 Å². The molecule has 1 N–H and O–H groups in total. The largest absolute Gasteiger partial charge is 0.372 e. The highest BCUT2D eigenvalue weighted by Gasteiger charge is 2.26. The summed E-state index contributed by atoms with van der Waals surface area (Å²) in [5, 5.41) is 9.99. The molecule has 6 heteroatoms. The minimum absolute atomic E-state index is 0.0785. The van der Waals surface area contributed by atoms with Gasteiger partial charge >= 0.3 is 0 Å². The second-order valence-corrected chi connectivity index (χ2v) is 5.17. The lowest BCUT2D eigenvalue weighted by molar-refractivity contribution is -0.00689. The summed E-state index contributed by atoms with van der Waals surface area (Å²) in [6, 6.07) is 10.1. The Bertz CT molecular complexity index is 571. The maximum absolute atomic E-state index is 12.2. The van der Waals surface area contributed by atoms with Crippen LogP contribution in [-0.2, 0) is 11.3 Å². The summed E-state index contributed by atoms with van der Waals surface area (Å²) in [6.45, 7) is 1.94. The summed E-state index contributed by atoms with van der Waals surface area (Å²) in [6.07, 6.45) is 3.46. The normalized spacial score (nSPS) is 18.7. The smallest absolute Gasteiger partial charge is 0.276 e. The highest BCUT2D eigenvalue weighted by molar-refractivity contribution is 5.91. The summed E-state index contributed by atoms with van der Waals surface area (Å²) in [5.41, 5.74) is 1.51. The van der Waals surface area contributed by atoms with Gasteiger partial charge < -0.3 is 9.64 Å². The van der Waals surface area contributed by atoms with Crippen LogP contribution in [-0.4, -0.2) is 45.4 Å². The van der Waals surface area contributed by atoms with Gasteiger partial charge in [-0.3, -0.25) is 4.79 Å². The standard InChI is InChI=1S/C15H18N4O2/c20-15(14-9-16-18-17-14)19-8-4-7-13(10-19)21-11-12-5-2-1-3-6-12/h1-3,5-6,9,13H,4,7-8,10-11H2,(H,16,17,18). The van der Waals surface area contributed by atoms with Crippen molar-refractivity contribution < 1.29 is 9.53 Å². The minimum Gasteiger partial charge on any atom is -0.372 e.